The van der Waals surface area contributed by atoms with Gasteiger partial charge in [-0.25, -0.2) is 4.79 Å². The Hall–Kier alpha value is -1.42. The van der Waals surface area contributed by atoms with Crippen LogP contribution in [0.15, 0.2) is 24.3 Å². The Morgan fingerprint density at radius 1 is 0.957 bits per heavy atom. The molecule has 0 radical (unpaired) electrons. The Kier molecular flexibility index (Phi) is 14.5. The van der Waals surface area contributed by atoms with E-state index in [1.807, 2.05) is 0 Å². The van der Waals surface area contributed by atoms with E-state index in [0.717, 1.165) is 32.1 Å². The van der Waals surface area contributed by atoms with Crippen LogP contribution >= 0.6 is 0 Å². The van der Waals surface area contributed by atoms with E-state index in [9.17, 15) is 9.59 Å². The summed E-state index contributed by atoms with van der Waals surface area (Å²) in [6.45, 7) is 3.72. The van der Waals surface area contributed by atoms with Gasteiger partial charge < -0.3 is 10.5 Å². The number of hydrogen-bond donors (Lipinski definition) is 1. The van der Waals surface area contributed by atoms with Crippen molar-refractivity contribution in [2.24, 2.45) is 5.73 Å². The molecule has 0 spiro atoms. The zero-order valence-electron chi connectivity index (χ0n) is 14.8. The van der Waals surface area contributed by atoms with Crippen molar-refractivity contribution in [3.63, 3.8) is 0 Å². The maximum atomic E-state index is 11.3. The summed E-state index contributed by atoms with van der Waals surface area (Å²) in [5.41, 5.74) is 5.32. The van der Waals surface area contributed by atoms with Crippen LogP contribution in [0.5, 0.6) is 0 Å². The monoisotopic (exact) mass is 323 g/mol. The third kappa shape index (κ3) is 15.3. The minimum atomic E-state index is -0.746. The lowest BCUT2D eigenvalue weighted by Gasteiger charge is -2.04. The average Bonchev–Trinajstić information content (AvgIpc) is 2.51. The summed E-state index contributed by atoms with van der Waals surface area (Å²) < 4.78 is 4.59. The summed E-state index contributed by atoms with van der Waals surface area (Å²) in [6.07, 6.45) is 19.0. The zero-order valence-corrected chi connectivity index (χ0v) is 14.8. The van der Waals surface area contributed by atoms with Crippen LogP contribution in [0.3, 0.4) is 0 Å². The van der Waals surface area contributed by atoms with Gasteiger partial charge in [0.1, 0.15) is 6.04 Å². The molecule has 132 valence electrons. The summed E-state index contributed by atoms with van der Waals surface area (Å²) >= 11 is 0. The number of rotatable bonds is 13. The first kappa shape index (κ1) is 21.6. The Balaban J connectivity index is 3.43. The highest BCUT2D eigenvalue weighted by Crippen LogP contribution is 2.06. The van der Waals surface area contributed by atoms with E-state index in [4.69, 9.17) is 5.73 Å². The maximum Gasteiger partial charge on any atom is 0.330 e. The second-order valence-electron chi connectivity index (χ2n) is 5.86. The van der Waals surface area contributed by atoms with Crippen LogP contribution in [0.1, 0.15) is 78.1 Å². The van der Waals surface area contributed by atoms with Crippen LogP contribution in [0.4, 0.5) is 0 Å². The van der Waals surface area contributed by atoms with E-state index in [2.05, 4.69) is 36.0 Å². The van der Waals surface area contributed by atoms with Gasteiger partial charge >= 0.3 is 11.9 Å². The molecule has 1 unspecified atom stereocenters. The van der Waals surface area contributed by atoms with Crippen molar-refractivity contribution in [3.05, 3.63) is 24.3 Å². The molecular weight excluding hydrogens is 290 g/mol. The molecule has 0 aliphatic heterocycles. The maximum absolute atomic E-state index is 11.3. The van der Waals surface area contributed by atoms with E-state index in [-0.39, 0.29) is 6.42 Å². The second-order valence-corrected chi connectivity index (χ2v) is 5.86. The molecule has 4 heteroatoms. The predicted molar refractivity (Wildman–Crippen MR) is 94.9 cm³/mol. The van der Waals surface area contributed by atoms with Crippen molar-refractivity contribution < 1.29 is 14.3 Å². The summed E-state index contributed by atoms with van der Waals surface area (Å²) in [5, 5.41) is 0. The predicted octanol–water partition coefficient (Wildman–Crippen LogP) is 4.44. The van der Waals surface area contributed by atoms with Crippen molar-refractivity contribution in [2.75, 3.05) is 0 Å². The van der Waals surface area contributed by atoms with Gasteiger partial charge in [-0.15, -0.1) is 0 Å². The molecule has 0 aromatic heterocycles. The van der Waals surface area contributed by atoms with Gasteiger partial charge in [-0.1, -0.05) is 50.5 Å². The standard InChI is InChI=1S/C19H33NO3/c1-3-4-5-6-7-8-9-10-11-12-13-14-15-16-18(21)23-19(22)17(2)20/h7-8,10-11,17H,3-6,9,12-16,20H2,1-2H3/b8-7-,11-10-. The zero-order chi connectivity index (χ0) is 17.3. The number of ether oxygens (including phenoxy) is 1. The molecule has 0 aromatic rings. The number of unbranched alkanes of at least 4 members (excludes halogenated alkanes) is 6. The Bertz CT molecular complexity index is 373. The van der Waals surface area contributed by atoms with Crippen molar-refractivity contribution in [1.29, 1.82) is 0 Å². The molecule has 0 fully saturated rings. The largest absolute Gasteiger partial charge is 0.392 e. The fraction of sp³-hybridized carbons (Fsp3) is 0.684. The van der Waals surface area contributed by atoms with Gasteiger partial charge in [0.25, 0.3) is 0 Å². The number of allylic oxidation sites excluding steroid dienone is 4. The molecular formula is C19H33NO3. The van der Waals surface area contributed by atoms with Crippen LogP contribution in [0, 0.1) is 0 Å². The summed E-state index contributed by atoms with van der Waals surface area (Å²) in [4.78, 5) is 22.4. The molecule has 0 heterocycles. The van der Waals surface area contributed by atoms with Gasteiger partial charge in [-0.2, -0.15) is 0 Å². The average molecular weight is 323 g/mol. The quantitative estimate of drug-likeness (QED) is 0.235. The minimum Gasteiger partial charge on any atom is -0.392 e. The lowest BCUT2D eigenvalue weighted by atomic mass is 10.1. The van der Waals surface area contributed by atoms with Crippen LogP contribution in [-0.4, -0.2) is 18.0 Å². The molecule has 2 N–H and O–H groups in total. The number of carbonyl (C=O) groups is 2. The van der Waals surface area contributed by atoms with Crippen LogP contribution in [0.25, 0.3) is 0 Å². The van der Waals surface area contributed by atoms with Crippen molar-refractivity contribution in [2.45, 2.75) is 84.1 Å². The fourth-order valence-electron chi connectivity index (χ4n) is 1.98. The van der Waals surface area contributed by atoms with Gasteiger partial charge in [0.05, 0.1) is 0 Å². The van der Waals surface area contributed by atoms with Crippen molar-refractivity contribution in [3.8, 4) is 0 Å². The lowest BCUT2D eigenvalue weighted by molar-refractivity contribution is -0.160. The van der Waals surface area contributed by atoms with E-state index in [0.29, 0.717) is 0 Å². The Morgan fingerprint density at radius 3 is 2.13 bits per heavy atom. The SMILES string of the molecule is CCCCC/C=C\C/C=C\CCCCCC(=O)OC(=O)C(C)N. The molecule has 0 aliphatic rings. The smallest absolute Gasteiger partial charge is 0.330 e. The molecule has 4 nitrogen and oxygen atoms in total. The third-order valence-electron chi connectivity index (χ3n) is 3.42. The lowest BCUT2D eigenvalue weighted by Crippen LogP contribution is -2.30. The highest BCUT2D eigenvalue weighted by Gasteiger charge is 2.13. The van der Waals surface area contributed by atoms with Crippen molar-refractivity contribution >= 4 is 11.9 Å². The third-order valence-corrected chi connectivity index (χ3v) is 3.42. The minimum absolute atomic E-state index is 0.280. The molecule has 0 aromatic carbocycles. The molecule has 0 aliphatic carbocycles. The number of esters is 2. The molecule has 0 amide bonds. The Morgan fingerprint density at radius 2 is 1.57 bits per heavy atom. The van der Waals surface area contributed by atoms with Crippen LogP contribution < -0.4 is 5.73 Å². The van der Waals surface area contributed by atoms with E-state index in [1.54, 1.807) is 0 Å². The molecule has 0 bridgehead atoms. The van der Waals surface area contributed by atoms with Gasteiger partial charge in [-0.3, -0.25) is 4.79 Å². The molecule has 23 heavy (non-hydrogen) atoms. The molecule has 1 atom stereocenters. The fourth-order valence-corrected chi connectivity index (χ4v) is 1.98. The summed E-state index contributed by atoms with van der Waals surface area (Å²) in [5.74, 6) is -1.13. The first-order chi connectivity index (χ1) is 11.1. The Labute approximate surface area is 141 Å². The molecule has 0 saturated carbocycles. The normalized spacial score (nSPS) is 12.8. The van der Waals surface area contributed by atoms with Crippen LogP contribution in [-0.2, 0) is 14.3 Å². The van der Waals surface area contributed by atoms with Crippen LogP contribution in [0.2, 0.25) is 0 Å². The van der Waals surface area contributed by atoms with Gasteiger partial charge in [0.15, 0.2) is 0 Å². The van der Waals surface area contributed by atoms with Gasteiger partial charge in [0, 0.05) is 6.42 Å². The highest BCUT2D eigenvalue weighted by atomic mass is 16.6. The topological polar surface area (TPSA) is 69.4 Å². The number of nitrogens with two attached hydrogens (primary N) is 1. The highest BCUT2D eigenvalue weighted by molar-refractivity contribution is 5.87. The van der Waals surface area contributed by atoms with Crippen molar-refractivity contribution in [1.82, 2.24) is 0 Å². The van der Waals surface area contributed by atoms with E-state index in [1.165, 1.54) is 32.6 Å². The van der Waals surface area contributed by atoms with E-state index >= 15 is 0 Å². The number of hydrogen-bond acceptors (Lipinski definition) is 4. The first-order valence-corrected chi connectivity index (χ1v) is 8.88. The van der Waals surface area contributed by atoms with Gasteiger partial charge in [-0.05, 0) is 45.4 Å². The summed E-state index contributed by atoms with van der Waals surface area (Å²) in [7, 11) is 0. The second kappa shape index (κ2) is 15.5. The molecule has 0 rings (SSSR count). The summed E-state index contributed by atoms with van der Waals surface area (Å²) in [6, 6.07) is -0.746. The first-order valence-electron chi connectivity index (χ1n) is 8.88. The van der Waals surface area contributed by atoms with E-state index < -0.39 is 18.0 Å². The van der Waals surface area contributed by atoms with Gasteiger partial charge in [0.2, 0.25) is 0 Å². The molecule has 0 saturated heterocycles. The number of carbonyl (C=O) groups excluding carboxylic acids is 2.